The lowest BCUT2D eigenvalue weighted by Gasteiger charge is -2.11. The maximum absolute atomic E-state index is 12.6. The van der Waals surface area contributed by atoms with Crippen molar-refractivity contribution >= 4 is 23.7 Å². The van der Waals surface area contributed by atoms with Gasteiger partial charge in [-0.2, -0.15) is 0 Å². The highest BCUT2D eigenvalue weighted by molar-refractivity contribution is 6.31. The van der Waals surface area contributed by atoms with Crippen molar-refractivity contribution in [1.82, 2.24) is 4.98 Å². The average Bonchev–Trinajstić information content (AvgIpc) is 2.53. The van der Waals surface area contributed by atoms with E-state index >= 15 is 0 Å². The van der Waals surface area contributed by atoms with Crippen LogP contribution in [0.3, 0.4) is 0 Å². The molecular weight excluding hydrogens is 294 g/mol. The molecule has 1 heterocycles. The molecule has 0 bridgehead atoms. The van der Waals surface area contributed by atoms with Crippen molar-refractivity contribution in [2.24, 2.45) is 0 Å². The Labute approximate surface area is 126 Å². The summed E-state index contributed by atoms with van der Waals surface area (Å²) in [6.45, 7) is -0.00926. The molecule has 1 aromatic carbocycles. The topological polar surface area (TPSA) is 65.5 Å². The fraction of sp³-hybridized carbons (Fsp3) is 0.133. The zero-order valence-corrected chi connectivity index (χ0v) is 12.0. The van der Waals surface area contributed by atoms with Gasteiger partial charge in [0, 0.05) is 23.9 Å². The lowest BCUT2D eigenvalue weighted by atomic mass is 10.0. The molecule has 108 valence electrons. The van der Waals surface area contributed by atoms with Crippen LogP contribution in [0, 0.1) is 0 Å². The molecule has 5 nitrogen and oxygen atoms in total. The number of methoxy groups -OCH3 is 1. The van der Waals surface area contributed by atoms with Gasteiger partial charge in [-0.15, -0.1) is 0 Å². The fourth-order valence-electron chi connectivity index (χ4n) is 1.76. The minimum absolute atomic E-state index is 0.00926. The molecule has 0 atom stereocenters. The molecule has 0 saturated carbocycles. The molecule has 21 heavy (non-hydrogen) atoms. The summed E-state index contributed by atoms with van der Waals surface area (Å²) in [7, 11) is 1.47. The van der Waals surface area contributed by atoms with E-state index in [-0.39, 0.29) is 23.6 Å². The maximum Gasteiger partial charge on any atom is 0.215 e. The van der Waals surface area contributed by atoms with Crippen LogP contribution in [0.1, 0.15) is 26.4 Å². The zero-order valence-electron chi connectivity index (χ0n) is 11.2. The van der Waals surface area contributed by atoms with Crippen LogP contribution in [0.4, 0.5) is 0 Å². The molecule has 0 saturated heterocycles. The number of ether oxygens (including phenoxy) is 2. The first kappa shape index (κ1) is 15.2. The number of benzene rings is 1. The van der Waals surface area contributed by atoms with Crippen molar-refractivity contribution in [3.63, 3.8) is 0 Å². The molecule has 0 aliphatic carbocycles. The van der Waals surface area contributed by atoms with Gasteiger partial charge in [0.25, 0.3) is 0 Å². The lowest BCUT2D eigenvalue weighted by molar-refractivity contribution is 0.0503. The van der Waals surface area contributed by atoms with Crippen molar-refractivity contribution in [1.29, 1.82) is 0 Å². The monoisotopic (exact) mass is 305 g/mol. The van der Waals surface area contributed by atoms with Crippen molar-refractivity contribution < 1.29 is 19.1 Å². The molecule has 2 aromatic rings. The summed E-state index contributed by atoms with van der Waals surface area (Å²) < 4.78 is 10.2. The van der Waals surface area contributed by atoms with E-state index in [9.17, 15) is 9.59 Å². The van der Waals surface area contributed by atoms with Crippen LogP contribution in [-0.4, -0.2) is 31.0 Å². The molecule has 2 rings (SSSR count). The van der Waals surface area contributed by atoms with Crippen molar-refractivity contribution in [2.75, 3.05) is 13.9 Å². The summed E-state index contributed by atoms with van der Waals surface area (Å²) in [5, 5.41) is 0.381. The van der Waals surface area contributed by atoms with Crippen LogP contribution >= 0.6 is 11.6 Å². The predicted octanol–water partition coefficient (Wildman–Crippen LogP) is 2.76. The Morgan fingerprint density at radius 2 is 2.19 bits per heavy atom. The highest BCUT2D eigenvalue weighted by Crippen LogP contribution is 2.25. The third-order valence-corrected chi connectivity index (χ3v) is 2.93. The predicted molar refractivity (Wildman–Crippen MR) is 77.0 cm³/mol. The summed E-state index contributed by atoms with van der Waals surface area (Å²) in [6, 6.07) is 7.74. The van der Waals surface area contributed by atoms with Crippen LogP contribution in [0.25, 0.3) is 0 Å². The minimum Gasteiger partial charge on any atom is -0.467 e. The molecule has 0 unspecified atom stereocenters. The van der Waals surface area contributed by atoms with Gasteiger partial charge < -0.3 is 9.47 Å². The number of hydrogen-bond acceptors (Lipinski definition) is 5. The Hall–Kier alpha value is -2.24. The number of aromatic nitrogens is 1. The highest BCUT2D eigenvalue weighted by Gasteiger charge is 2.19. The first-order valence-electron chi connectivity index (χ1n) is 6.03. The third kappa shape index (κ3) is 3.45. The van der Waals surface area contributed by atoms with Crippen LogP contribution in [0.15, 0.2) is 36.5 Å². The van der Waals surface area contributed by atoms with Crippen LogP contribution in [0.2, 0.25) is 5.02 Å². The Bertz CT molecular complexity index is 672. The molecule has 0 spiro atoms. The van der Waals surface area contributed by atoms with Crippen molar-refractivity contribution in [2.45, 2.75) is 0 Å². The summed E-state index contributed by atoms with van der Waals surface area (Å²) in [6.07, 6.45) is 2.03. The van der Waals surface area contributed by atoms with E-state index < -0.39 is 5.78 Å². The molecule has 0 amide bonds. The molecule has 0 aliphatic heterocycles. The smallest absolute Gasteiger partial charge is 0.215 e. The Morgan fingerprint density at radius 1 is 1.38 bits per heavy atom. The van der Waals surface area contributed by atoms with Gasteiger partial charge in [-0.25, -0.2) is 0 Å². The van der Waals surface area contributed by atoms with E-state index in [1.807, 2.05) is 0 Å². The second-order valence-electron chi connectivity index (χ2n) is 4.08. The summed E-state index contributed by atoms with van der Waals surface area (Å²) in [5.41, 5.74) is 0.485. The minimum atomic E-state index is -0.439. The van der Waals surface area contributed by atoms with Gasteiger partial charge in [-0.05, 0) is 30.3 Å². The second kappa shape index (κ2) is 6.97. The number of ketones is 1. The first-order valence-corrected chi connectivity index (χ1v) is 6.41. The lowest BCUT2D eigenvalue weighted by Crippen LogP contribution is -2.11. The number of nitrogens with zero attached hydrogens (tertiary/aromatic N) is 1. The van der Waals surface area contributed by atoms with E-state index in [0.29, 0.717) is 17.1 Å². The van der Waals surface area contributed by atoms with Gasteiger partial charge >= 0.3 is 0 Å². The van der Waals surface area contributed by atoms with Gasteiger partial charge in [0.05, 0.1) is 5.56 Å². The molecule has 0 N–H and O–H groups in total. The van der Waals surface area contributed by atoms with E-state index in [0.717, 1.165) is 0 Å². The molecule has 0 aliphatic rings. The van der Waals surface area contributed by atoms with Gasteiger partial charge in [0.15, 0.2) is 13.1 Å². The molecule has 0 fully saturated rings. The molecule has 1 aromatic heterocycles. The summed E-state index contributed by atoms with van der Waals surface area (Å²) in [4.78, 5) is 27.5. The van der Waals surface area contributed by atoms with E-state index in [1.165, 1.54) is 25.4 Å². The Morgan fingerprint density at radius 3 is 2.90 bits per heavy atom. The van der Waals surface area contributed by atoms with Gasteiger partial charge in [-0.3, -0.25) is 14.6 Å². The van der Waals surface area contributed by atoms with E-state index in [2.05, 4.69) is 4.98 Å². The average molecular weight is 306 g/mol. The number of carbonyl (C=O) groups excluding carboxylic acids is 2. The largest absolute Gasteiger partial charge is 0.467 e. The molecule has 6 heteroatoms. The van der Waals surface area contributed by atoms with Gasteiger partial charge in [0.1, 0.15) is 11.4 Å². The standard InChI is InChI=1S/C15H12ClNO4/c1-20-9-21-13-5-4-11(16)7-12(13)15(19)14-10(8-18)3-2-6-17-14/h2-8H,9H2,1H3. The van der Waals surface area contributed by atoms with Gasteiger partial charge in [0.2, 0.25) is 5.78 Å². The Kier molecular flexibility index (Phi) is 5.03. The van der Waals surface area contributed by atoms with Crippen LogP contribution < -0.4 is 4.74 Å². The van der Waals surface area contributed by atoms with Crippen molar-refractivity contribution in [3.8, 4) is 5.75 Å². The fourth-order valence-corrected chi connectivity index (χ4v) is 1.93. The number of hydrogen-bond donors (Lipinski definition) is 0. The quantitative estimate of drug-likeness (QED) is 0.466. The van der Waals surface area contributed by atoms with E-state index in [4.69, 9.17) is 21.1 Å². The SMILES string of the molecule is COCOc1ccc(Cl)cc1C(=O)c1ncccc1C=O. The maximum atomic E-state index is 12.6. The van der Waals surface area contributed by atoms with Crippen LogP contribution in [0.5, 0.6) is 5.75 Å². The second-order valence-corrected chi connectivity index (χ2v) is 4.52. The van der Waals surface area contributed by atoms with E-state index in [1.54, 1.807) is 18.2 Å². The number of pyridine rings is 1. The van der Waals surface area contributed by atoms with Gasteiger partial charge in [-0.1, -0.05) is 11.6 Å². The molecular formula is C15H12ClNO4. The number of rotatable bonds is 6. The summed E-state index contributed by atoms with van der Waals surface area (Å²) in [5.74, 6) is -0.125. The summed E-state index contributed by atoms with van der Waals surface area (Å²) >= 11 is 5.93. The normalized spacial score (nSPS) is 10.2. The number of carbonyl (C=O) groups is 2. The zero-order chi connectivity index (χ0) is 15.2. The van der Waals surface area contributed by atoms with Crippen LogP contribution in [-0.2, 0) is 4.74 Å². The number of aldehydes is 1. The highest BCUT2D eigenvalue weighted by atomic mass is 35.5. The number of halogens is 1. The third-order valence-electron chi connectivity index (χ3n) is 2.70. The first-order chi connectivity index (χ1) is 10.2. The Balaban J connectivity index is 2.46. The van der Waals surface area contributed by atoms with Crippen molar-refractivity contribution in [3.05, 3.63) is 58.4 Å². The molecule has 0 radical (unpaired) electrons.